The first-order chi connectivity index (χ1) is 12.9. The first kappa shape index (κ1) is 23.2. The predicted molar refractivity (Wildman–Crippen MR) is 110 cm³/mol. The molecule has 0 bridgehead atoms. The van der Waals surface area contributed by atoms with Gasteiger partial charge in [-0.2, -0.15) is 0 Å². The van der Waals surface area contributed by atoms with Gasteiger partial charge in [0.05, 0.1) is 18.9 Å². The summed E-state index contributed by atoms with van der Waals surface area (Å²) in [5, 5.41) is 6.20. The Morgan fingerprint density at radius 2 is 1.93 bits per heavy atom. The van der Waals surface area contributed by atoms with E-state index in [1.807, 2.05) is 39.0 Å². The molecule has 0 atom stereocenters. The second-order valence-corrected chi connectivity index (χ2v) is 8.49. The van der Waals surface area contributed by atoms with Crippen LogP contribution in [0, 0.1) is 6.92 Å². The highest BCUT2D eigenvalue weighted by Gasteiger charge is 2.08. The summed E-state index contributed by atoms with van der Waals surface area (Å²) in [6.07, 6.45) is 0. The van der Waals surface area contributed by atoms with Crippen molar-refractivity contribution in [1.82, 2.24) is 10.6 Å². The molecule has 1 aromatic carbocycles. The molecule has 0 amide bonds. The van der Waals surface area contributed by atoms with Gasteiger partial charge in [0.2, 0.25) is 0 Å². The molecule has 1 rings (SSSR count). The van der Waals surface area contributed by atoms with Crippen molar-refractivity contribution in [2.75, 3.05) is 44.4 Å². The predicted octanol–water partition coefficient (Wildman–Crippen LogP) is 1.90. The highest BCUT2D eigenvalue weighted by Crippen LogP contribution is 2.21. The second-order valence-electron chi connectivity index (χ2n) is 6.01. The minimum atomic E-state index is -3.00. The third-order valence-corrected chi connectivity index (χ3v) is 5.51. The largest absolute Gasteiger partial charge is 0.491 e. The number of guanidine groups is 1. The van der Waals surface area contributed by atoms with E-state index in [4.69, 9.17) is 9.47 Å². The number of nitrogens with zero attached hydrogens (tertiary/aromatic N) is 1. The van der Waals surface area contributed by atoms with E-state index < -0.39 is 9.84 Å². The van der Waals surface area contributed by atoms with E-state index in [2.05, 4.69) is 15.6 Å². The Morgan fingerprint density at radius 3 is 2.59 bits per heavy atom. The Labute approximate surface area is 163 Å². The van der Waals surface area contributed by atoms with Crippen LogP contribution in [-0.4, -0.2) is 58.8 Å². The SMILES string of the molecule is CCNC(=NCc1ccc(C)cc1OCCOCC)NCCS(=O)(=O)CC. The second kappa shape index (κ2) is 12.6. The van der Waals surface area contributed by atoms with Gasteiger partial charge in [0.25, 0.3) is 0 Å². The van der Waals surface area contributed by atoms with Crippen LogP contribution in [0.1, 0.15) is 31.9 Å². The number of nitrogens with one attached hydrogen (secondary N) is 2. The topological polar surface area (TPSA) is 89.0 Å². The van der Waals surface area contributed by atoms with Crippen molar-refractivity contribution in [2.24, 2.45) is 4.99 Å². The molecule has 0 spiro atoms. The summed E-state index contributed by atoms with van der Waals surface area (Å²) in [7, 11) is -3.00. The first-order valence-electron chi connectivity index (χ1n) is 9.44. The van der Waals surface area contributed by atoms with Crippen molar-refractivity contribution in [2.45, 2.75) is 34.2 Å². The third-order valence-electron chi connectivity index (χ3n) is 3.81. The fraction of sp³-hybridized carbons (Fsp3) is 0.632. The van der Waals surface area contributed by atoms with Crippen molar-refractivity contribution in [3.63, 3.8) is 0 Å². The molecule has 2 N–H and O–H groups in total. The van der Waals surface area contributed by atoms with Gasteiger partial charge in [-0.3, -0.25) is 0 Å². The van der Waals surface area contributed by atoms with E-state index in [0.717, 1.165) is 16.9 Å². The zero-order valence-electron chi connectivity index (χ0n) is 16.9. The lowest BCUT2D eigenvalue weighted by Gasteiger charge is -2.14. The average molecular weight is 400 g/mol. The molecule has 154 valence electrons. The molecule has 0 aliphatic rings. The molecular weight excluding hydrogens is 366 g/mol. The summed E-state index contributed by atoms with van der Waals surface area (Å²) in [6, 6.07) is 6.01. The number of benzene rings is 1. The number of aliphatic imine (C=N–C) groups is 1. The van der Waals surface area contributed by atoms with Crippen LogP contribution in [0.15, 0.2) is 23.2 Å². The van der Waals surface area contributed by atoms with Crippen molar-refractivity contribution in [3.05, 3.63) is 29.3 Å². The smallest absolute Gasteiger partial charge is 0.191 e. The van der Waals surface area contributed by atoms with Gasteiger partial charge in [-0.05, 0) is 32.4 Å². The molecule has 0 heterocycles. The number of aryl methyl sites for hydroxylation is 1. The van der Waals surface area contributed by atoms with Crippen LogP contribution in [0.4, 0.5) is 0 Å². The number of sulfone groups is 1. The fourth-order valence-corrected chi connectivity index (χ4v) is 2.96. The van der Waals surface area contributed by atoms with Crippen molar-refractivity contribution >= 4 is 15.8 Å². The maximum absolute atomic E-state index is 11.6. The Morgan fingerprint density at radius 1 is 1.15 bits per heavy atom. The number of rotatable bonds is 12. The summed E-state index contributed by atoms with van der Waals surface area (Å²) in [5.74, 6) is 1.62. The molecule has 8 heteroatoms. The molecule has 0 radical (unpaired) electrons. The highest BCUT2D eigenvalue weighted by atomic mass is 32.2. The molecule has 7 nitrogen and oxygen atoms in total. The van der Waals surface area contributed by atoms with Gasteiger partial charge in [-0.15, -0.1) is 0 Å². The summed E-state index contributed by atoms with van der Waals surface area (Å²) in [4.78, 5) is 4.55. The molecule has 0 unspecified atom stereocenters. The minimum absolute atomic E-state index is 0.0875. The van der Waals surface area contributed by atoms with Gasteiger partial charge in [-0.1, -0.05) is 19.1 Å². The maximum atomic E-state index is 11.6. The molecule has 0 fully saturated rings. The lowest BCUT2D eigenvalue weighted by molar-refractivity contribution is 0.110. The van der Waals surface area contributed by atoms with Crippen LogP contribution in [0.5, 0.6) is 5.75 Å². The van der Waals surface area contributed by atoms with Crippen molar-refractivity contribution in [1.29, 1.82) is 0 Å². The first-order valence-corrected chi connectivity index (χ1v) is 11.3. The van der Waals surface area contributed by atoms with Crippen LogP contribution in [0.25, 0.3) is 0 Å². The molecule has 0 aliphatic heterocycles. The molecular formula is C19H33N3O4S. The van der Waals surface area contributed by atoms with Crippen LogP contribution in [0.2, 0.25) is 0 Å². The number of ether oxygens (including phenoxy) is 2. The van der Waals surface area contributed by atoms with E-state index >= 15 is 0 Å². The fourth-order valence-electron chi connectivity index (χ4n) is 2.26. The van der Waals surface area contributed by atoms with E-state index in [1.54, 1.807) is 6.92 Å². The van der Waals surface area contributed by atoms with Crippen LogP contribution >= 0.6 is 0 Å². The molecule has 0 aromatic heterocycles. The lowest BCUT2D eigenvalue weighted by Crippen LogP contribution is -2.39. The Balaban J connectivity index is 2.74. The van der Waals surface area contributed by atoms with Crippen molar-refractivity contribution < 1.29 is 17.9 Å². The quantitative estimate of drug-likeness (QED) is 0.317. The van der Waals surface area contributed by atoms with Gasteiger partial charge in [0.1, 0.15) is 12.4 Å². The molecule has 0 saturated heterocycles. The highest BCUT2D eigenvalue weighted by molar-refractivity contribution is 7.91. The summed E-state index contributed by atoms with van der Waals surface area (Å²) in [6.45, 7) is 10.7. The van der Waals surface area contributed by atoms with E-state index in [-0.39, 0.29) is 11.5 Å². The lowest BCUT2D eigenvalue weighted by atomic mass is 10.1. The van der Waals surface area contributed by atoms with Gasteiger partial charge in [0.15, 0.2) is 15.8 Å². The van der Waals surface area contributed by atoms with Crippen LogP contribution in [0.3, 0.4) is 0 Å². The summed E-state index contributed by atoms with van der Waals surface area (Å²) in [5.41, 5.74) is 2.08. The number of hydrogen-bond acceptors (Lipinski definition) is 5. The number of hydrogen-bond donors (Lipinski definition) is 2. The third kappa shape index (κ3) is 9.63. The van der Waals surface area contributed by atoms with Crippen LogP contribution < -0.4 is 15.4 Å². The van der Waals surface area contributed by atoms with E-state index in [9.17, 15) is 8.42 Å². The monoisotopic (exact) mass is 399 g/mol. The Kier molecular flexibility index (Phi) is 10.8. The maximum Gasteiger partial charge on any atom is 0.191 e. The van der Waals surface area contributed by atoms with E-state index in [0.29, 0.717) is 45.4 Å². The molecule has 27 heavy (non-hydrogen) atoms. The molecule has 0 saturated carbocycles. The average Bonchev–Trinajstić information content (AvgIpc) is 2.64. The molecule has 1 aromatic rings. The van der Waals surface area contributed by atoms with Crippen LogP contribution in [-0.2, 0) is 21.1 Å². The van der Waals surface area contributed by atoms with Gasteiger partial charge in [-0.25, -0.2) is 13.4 Å². The zero-order chi connectivity index (χ0) is 20.1. The van der Waals surface area contributed by atoms with Crippen molar-refractivity contribution in [3.8, 4) is 5.75 Å². The zero-order valence-corrected chi connectivity index (χ0v) is 17.7. The van der Waals surface area contributed by atoms with E-state index in [1.165, 1.54) is 0 Å². The normalized spacial score (nSPS) is 12.1. The Bertz CT molecular complexity index is 690. The summed E-state index contributed by atoms with van der Waals surface area (Å²) >= 11 is 0. The van der Waals surface area contributed by atoms with Gasteiger partial charge >= 0.3 is 0 Å². The standard InChI is InChI=1S/C19H33N3O4S/c1-5-20-19(21-10-13-27(23,24)7-3)22-15-17-9-8-16(4)14-18(17)26-12-11-25-6-2/h8-9,14H,5-7,10-13,15H2,1-4H3,(H2,20,21,22). The summed E-state index contributed by atoms with van der Waals surface area (Å²) < 4.78 is 34.4. The minimum Gasteiger partial charge on any atom is -0.491 e. The van der Waals surface area contributed by atoms with Gasteiger partial charge < -0.3 is 20.1 Å². The molecule has 0 aliphatic carbocycles. The Hall–Kier alpha value is -1.80. The van der Waals surface area contributed by atoms with Gasteiger partial charge in [0, 0.05) is 31.0 Å².